The molecule has 0 bridgehead atoms. The minimum absolute atomic E-state index is 0.458. The Hall–Kier alpha value is -0.470. The van der Waals surface area contributed by atoms with Gasteiger partial charge in [0.2, 0.25) is 0 Å². The summed E-state index contributed by atoms with van der Waals surface area (Å²) in [6.07, 6.45) is 8.28. The van der Waals surface area contributed by atoms with Crippen LogP contribution in [0.3, 0.4) is 0 Å². The van der Waals surface area contributed by atoms with Crippen molar-refractivity contribution in [3.63, 3.8) is 0 Å². The summed E-state index contributed by atoms with van der Waals surface area (Å²) in [5, 5.41) is 0.705. The standard InChI is InChI=1S/C13H18Cl2N2/c1-17(11-5-3-2-4-6-11)13-12(15)7-10(8-14)9-16-13/h7,9,11H,2-6,8H2,1H3. The predicted octanol–water partition coefficient (Wildman–Crippen LogP) is 4.24. The van der Waals surface area contributed by atoms with Crippen molar-refractivity contribution in [2.75, 3.05) is 11.9 Å². The Labute approximate surface area is 113 Å². The van der Waals surface area contributed by atoms with Crippen LogP contribution in [0.5, 0.6) is 0 Å². The van der Waals surface area contributed by atoms with Crippen LogP contribution in [-0.2, 0) is 5.88 Å². The highest BCUT2D eigenvalue weighted by Crippen LogP contribution is 2.30. The molecule has 0 aliphatic heterocycles. The molecule has 94 valence electrons. The van der Waals surface area contributed by atoms with Crippen LogP contribution in [0.15, 0.2) is 12.3 Å². The van der Waals surface area contributed by atoms with Gasteiger partial charge in [-0.2, -0.15) is 0 Å². The van der Waals surface area contributed by atoms with Gasteiger partial charge in [-0.05, 0) is 24.5 Å². The highest BCUT2D eigenvalue weighted by molar-refractivity contribution is 6.33. The fourth-order valence-corrected chi connectivity index (χ4v) is 2.91. The Balaban J connectivity index is 2.15. The van der Waals surface area contributed by atoms with Crippen LogP contribution < -0.4 is 4.90 Å². The third-order valence-corrected chi connectivity index (χ3v) is 4.08. The lowest BCUT2D eigenvalue weighted by molar-refractivity contribution is 0.426. The summed E-state index contributed by atoms with van der Waals surface area (Å²) in [4.78, 5) is 6.66. The summed E-state index contributed by atoms with van der Waals surface area (Å²) in [5.74, 6) is 1.34. The van der Waals surface area contributed by atoms with Crippen molar-refractivity contribution in [1.82, 2.24) is 4.98 Å². The second-order valence-corrected chi connectivity index (χ2v) is 5.36. The van der Waals surface area contributed by atoms with Crippen molar-refractivity contribution in [2.45, 2.75) is 44.0 Å². The van der Waals surface area contributed by atoms with E-state index >= 15 is 0 Å². The zero-order valence-electron chi connectivity index (χ0n) is 10.1. The lowest BCUT2D eigenvalue weighted by Crippen LogP contribution is -2.34. The number of halogens is 2. The number of rotatable bonds is 3. The average Bonchev–Trinajstić information content (AvgIpc) is 2.39. The van der Waals surface area contributed by atoms with Crippen LogP contribution in [-0.4, -0.2) is 18.1 Å². The predicted molar refractivity (Wildman–Crippen MR) is 74.1 cm³/mol. The van der Waals surface area contributed by atoms with Gasteiger partial charge in [-0.1, -0.05) is 30.9 Å². The molecule has 0 atom stereocenters. The molecule has 0 radical (unpaired) electrons. The first kappa shape index (κ1) is 13.0. The molecule has 0 spiro atoms. The molecule has 0 saturated heterocycles. The van der Waals surface area contributed by atoms with E-state index in [4.69, 9.17) is 23.2 Å². The average molecular weight is 273 g/mol. The second-order valence-electron chi connectivity index (χ2n) is 4.69. The number of nitrogens with zero attached hydrogens (tertiary/aromatic N) is 2. The molecule has 0 amide bonds. The first-order valence-electron chi connectivity index (χ1n) is 6.15. The molecule has 0 aromatic carbocycles. The molecule has 1 aromatic rings. The van der Waals surface area contributed by atoms with Crippen molar-refractivity contribution >= 4 is 29.0 Å². The number of aromatic nitrogens is 1. The van der Waals surface area contributed by atoms with Crippen molar-refractivity contribution in [3.05, 3.63) is 22.8 Å². The van der Waals surface area contributed by atoms with Crippen LogP contribution in [0.1, 0.15) is 37.7 Å². The van der Waals surface area contributed by atoms with Crippen molar-refractivity contribution in [1.29, 1.82) is 0 Å². The van der Waals surface area contributed by atoms with Gasteiger partial charge in [-0.25, -0.2) is 4.98 Å². The van der Waals surface area contributed by atoms with Gasteiger partial charge in [-0.15, -0.1) is 11.6 Å². The Morgan fingerprint density at radius 2 is 2.06 bits per heavy atom. The molecule has 1 aliphatic carbocycles. The van der Waals surface area contributed by atoms with Gasteiger partial charge in [0.1, 0.15) is 5.82 Å². The lowest BCUT2D eigenvalue weighted by Gasteiger charge is -2.32. The fourth-order valence-electron chi connectivity index (χ4n) is 2.44. The van der Waals surface area contributed by atoms with Crippen LogP contribution in [0, 0.1) is 0 Å². The van der Waals surface area contributed by atoms with Crippen LogP contribution >= 0.6 is 23.2 Å². The molecule has 1 heterocycles. The summed E-state index contributed by atoms with van der Waals surface area (Å²) in [6.45, 7) is 0. The zero-order chi connectivity index (χ0) is 12.3. The van der Waals surface area contributed by atoms with E-state index in [1.54, 1.807) is 0 Å². The zero-order valence-corrected chi connectivity index (χ0v) is 11.6. The van der Waals surface area contributed by atoms with Gasteiger partial charge in [-0.3, -0.25) is 0 Å². The van der Waals surface area contributed by atoms with Gasteiger partial charge in [0.15, 0.2) is 0 Å². The minimum atomic E-state index is 0.458. The minimum Gasteiger partial charge on any atom is -0.355 e. The summed E-state index contributed by atoms with van der Waals surface area (Å²) >= 11 is 12.0. The maximum absolute atomic E-state index is 6.26. The number of hydrogen-bond acceptors (Lipinski definition) is 2. The van der Waals surface area contributed by atoms with Gasteiger partial charge in [0, 0.05) is 25.2 Å². The van der Waals surface area contributed by atoms with E-state index in [1.807, 2.05) is 12.3 Å². The number of anilines is 1. The van der Waals surface area contributed by atoms with Gasteiger partial charge < -0.3 is 4.90 Å². The maximum Gasteiger partial charge on any atom is 0.147 e. The summed E-state index contributed by atoms with van der Waals surface area (Å²) in [5.41, 5.74) is 0.970. The lowest BCUT2D eigenvalue weighted by atomic mass is 9.94. The Bertz CT molecular complexity index is 376. The summed E-state index contributed by atoms with van der Waals surface area (Å²) in [6, 6.07) is 2.49. The number of hydrogen-bond donors (Lipinski definition) is 0. The Morgan fingerprint density at radius 1 is 1.35 bits per heavy atom. The van der Waals surface area contributed by atoms with Crippen molar-refractivity contribution in [2.24, 2.45) is 0 Å². The molecule has 0 N–H and O–H groups in total. The quantitative estimate of drug-likeness (QED) is 0.766. The monoisotopic (exact) mass is 272 g/mol. The topological polar surface area (TPSA) is 16.1 Å². The maximum atomic E-state index is 6.26. The number of pyridine rings is 1. The normalized spacial score (nSPS) is 17.1. The van der Waals surface area contributed by atoms with E-state index in [-0.39, 0.29) is 0 Å². The molecule has 1 aromatic heterocycles. The smallest absolute Gasteiger partial charge is 0.147 e. The molecule has 4 heteroatoms. The SMILES string of the molecule is CN(c1ncc(CCl)cc1Cl)C1CCCCC1. The third kappa shape index (κ3) is 3.05. The van der Waals surface area contributed by atoms with E-state index in [0.29, 0.717) is 16.9 Å². The van der Waals surface area contributed by atoms with Crippen LogP contribution in [0.25, 0.3) is 0 Å². The first-order valence-corrected chi connectivity index (χ1v) is 7.07. The fraction of sp³-hybridized carbons (Fsp3) is 0.615. The first-order chi connectivity index (χ1) is 8.22. The van der Waals surface area contributed by atoms with E-state index in [0.717, 1.165) is 11.4 Å². The summed E-state index contributed by atoms with van der Waals surface area (Å²) < 4.78 is 0. The molecule has 2 rings (SSSR count). The Kier molecular flexibility index (Phi) is 4.52. The summed E-state index contributed by atoms with van der Waals surface area (Å²) in [7, 11) is 2.09. The molecule has 1 fully saturated rings. The van der Waals surface area contributed by atoms with Crippen molar-refractivity contribution in [3.8, 4) is 0 Å². The highest BCUT2D eigenvalue weighted by atomic mass is 35.5. The second kappa shape index (κ2) is 5.92. The largest absolute Gasteiger partial charge is 0.355 e. The van der Waals surface area contributed by atoms with Gasteiger partial charge in [0.25, 0.3) is 0 Å². The molecule has 1 saturated carbocycles. The molecule has 2 nitrogen and oxygen atoms in total. The molecule has 17 heavy (non-hydrogen) atoms. The van der Waals surface area contributed by atoms with Gasteiger partial charge in [0.05, 0.1) is 5.02 Å². The Morgan fingerprint density at radius 3 is 2.65 bits per heavy atom. The molecule has 1 aliphatic rings. The highest BCUT2D eigenvalue weighted by Gasteiger charge is 2.20. The van der Waals surface area contributed by atoms with Crippen molar-refractivity contribution < 1.29 is 0 Å². The molecular formula is C13H18Cl2N2. The van der Waals surface area contributed by atoms with Crippen LogP contribution in [0.2, 0.25) is 5.02 Å². The molecule has 0 unspecified atom stereocenters. The van der Waals surface area contributed by atoms with E-state index in [2.05, 4.69) is 16.9 Å². The van der Waals surface area contributed by atoms with E-state index < -0.39 is 0 Å². The number of alkyl halides is 1. The third-order valence-electron chi connectivity index (χ3n) is 3.49. The van der Waals surface area contributed by atoms with E-state index in [1.165, 1.54) is 32.1 Å². The van der Waals surface area contributed by atoms with Gasteiger partial charge >= 0.3 is 0 Å². The van der Waals surface area contributed by atoms with E-state index in [9.17, 15) is 0 Å². The van der Waals surface area contributed by atoms with Crippen LogP contribution in [0.4, 0.5) is 5.82 Å². The molecular weight excluding hydrogens is 255 g/mol.